The van der Waals surface area contributed by atoms with Crippen molar-refractivity contribution in [2.24, 2.45) is 0 Å². The van der Waals surface area contributed by atoms with Gasteiger partial charge in [-0.15, -0.1) is 0 Å². The molecule has 29 heavy (non-hydrogen) atoms. The zero-order valence-electron chi connectivity index (χ0n) is 18.2. The van der Waals surface area contributed by atoms with E-state index in [-0.39, 0.29) is 11.0 Å². The van der Waals surface area contributed by atoms with Crippen LogP contribution in [0.25, 0.3) is 0 Å². The standard InChI is InChI=1S/C26H33NO2/c1-5-20-15-16-25(6-2,17-20)21-7-11-23(12-8-21)29-24-13-9-22(10-14-24)26(28-4)18-27(3)19-26/h7-15H,5-6,16-19H2,1-4H3. The zero-order chi connectivity index (χ0) is 20.5. The molecule has 0 radical (unpaired) electrons. The highest BCUT2D eigenvalue weighted by molar-refractivity contribution is 5.40. The summed E-state index contributed by atoms with van der Waals surface area (Å²) in [6.45, 7) is 6.43. The van der Waals surface area contributed by atoms with Crippen molar-refractivity contribution in [1.29, 1.82) is 0 Å². The maximum atomic E-state index is 6.11. The molecule has 1 aliphatic heterocycles. The number of rotatable bonds is 7. The van der Waals surface area contributed by atoms with E-state index in [2.05, 4.69) is 68.3 Å². The van der Waals surface area contributed by atoms with Gasteiger partial charge < -0.3 is 9.47 Å². The highest BCUT2D eigenvalue weighted by Crippen LogP contribution is 2.44. The number of ether oxygens (including phenoxy) is 2. The third kappa shape index (κ3) is 3.74. The van der Waals surface area contributed by atoms with Gasteiger partial charge in [0.25, 0.3) is 0 Å². The van der Waals surface area contributed by atoms with Gasteiger partial charge in [0, 0.05) is 25.6 Å². The summed E-state index contributed by atoms with van der Waals surface area (Å²) in [6, 6.07) is 17.1. The third-order valence-corrected chi connectivity index (χ3v) is 7.00. The van der Waals surface area contributed by atoms with E-state index >= 15 is 0 Å². The molecule has 1 heterocycles. The average molecular weight is 392 g/mol. The molecule has 154 valence electrons. The van der Waals surface area contributed by atoms with Crippen molar-refractivity contribution < 1.29 is 9.47 Å². The normalized spacial score (nSPS) is 23.5. The van der Waals surface area contributed by atoms with Crippen LogP contribution in [0.1, 0.15) is 50.7 Å². The molecule has 0 N–H and O–H groups in total. The van der Waals surface area contributed by atoms with E-state index < -0.39 is 0 Å². The van der Waals surface area contributed by atoms with E-state index in [0.717, 1.165) is 31.0 Å². The molecule has 2 aromatic rings. The molecule has 3 heteroatoms. The zero-order valence-corrected chi connectivity index (χ0v) is 18.2. The Morgan fingerprint density at radius 1 is 0.897 bits per heavy atom. The Bertz CT molecular complexity index is 863. The third-order valence-electron chi connectivity index (χ3n) is 7.00. The van der Waals surface area contributed by atoms with Crippen LogP contribution in [0.4, 0.5) is 0 Å². The van der Waals surface area contributed by atoms with Gasteiger partial charge in [0.15, 0.2) is 0 Å². The molecule has 0 saturated carbocycles. The molecule has 2 aliphatic rings. The Morgan fingerprint density at radius 2 is 1.48 bits per heavy atom. The fourth-order valence-corrected chi connectivity index (χ4v) is 4.98. The summed E-state index contributed by atoms with van der Waals surface area (Å²) >= 11 is 0. The lowest BCUT2D eigenvalue weighted by Gasteiger charge is -2.47. The molecule has 0 aromatic heterocycles. The largest absolute Gasteiger partial charge is 0.457 e. The Hall–Kier alpha value is -2.10. The number of benzene rings is 2. The minimum Gasteiger partial charge on any atom is -0.457 e. The monoisotopic (exact) mass is 391 g/mol. The molecule has 0 spiro atoms. The predicted molar refractivity (Wildman–Crippen MR) is 119 cm³/mol. The topological polar surface area (TPSA) is 21.7 Å². The molecule has 0 bridgehead atoms. The number of hydrogen-bond acceptors (Lipinski definition) is 3. The maximum Gasteiger partial charge on any atom is 0.127 e. The van der Waals surface area contributed by atoms with Crippen LogP contribution in [0.3, 0.4) is 0 Å². The lowest BCUT2D eigenvalue weighted by Crippen LogP contribution is -2.58. The average Bonchev–Trinajstić information content (AvgIpc) is 3.17. The molecular weight excluding hydrogens is 358 g/mol. The van der Waals surface area contributed by atoms with Crippen LogP contribution in [0.2, 0.25) is 0 Å². The van der Waals surface area contributed by atoms with Crippen LogP contribution < -0.4 is 4.74 Å². The van der Waals surface area contributed by atoms with E-state index in [1.165, 1.54) is 30.4 Å². The number of likely N-dealkylation sites (N-methyl/N-ethyl adjacent to an activating group) is 1. The van der Waals surface area contributed by atoms with Crippen molar-refractivity contribution in [2.75, 3.05) is 27.2 Å². The summed E-state index contributed by atoms with van der Waals surface area (Å²) in [5.41, 5.74) is 4.34. The van der Waals surface area contributed by atoms with Gasteiger partial charge in [0.2, 0.25) is 0 Å². The van der Waals surface area contributed by atoms with E-state index in [1.54, 1.807) is 12.7 Å². The van der Waals surface area contributed by atoms with Crippen molar-refractivity contribution in [1.82, 2.24) is 4.90 Å². The quantitative estimate of drug-likeness (QED) is 0.537. The highest BCUT2D eigenvalue weighted by atomic mass is 16.5. The van der Waals surface area contributed by atoms with Crippen LogP contribution in [0.15, 0.2) is 60.2 Å². The first kappa shape index (κ1) is 20.2. The molecule has 1 unspecified atom stereocenters. The summed E-state index contributed by atoms with van der Waals surface area (Å²) < 4.78 is 11.9. The number of nitrogens with zero attached hydrogens (tertiary/aromatic N) is 1. The van der Waals surface area contributed by atoms with Crippen molar-refractivity contribution >= 4 is 0 Å². The second-order valence-electron chi connectivity index (χ2n) is 8.75. The summed E-state index contributed by atoms with van der Waals surface area (Å²) in [6.07, 6.45) is 7.13. The van der Waals surface area contributed by atoms with Crippen molar-refractivity contribution in [2.45, 2.75) is 50.5 Å². The SMILES string of the molecule is CCC1=CCC(CC)(c2ccc(Oc3ccc(C4(OC)CN(C)C4)cc3)cc2)C1. The second kappa shape index (κ2) is 7.97. The molecule has 0 amide bonds. The van der Waals surface area contributed by atoms with Crippen LogP contribution in [-0.2, 0) is 15.8 Å². The minimum absolute atomic E-state index is 0.171. The molecule has 1 aliphatic carbocycles. The summed E-state index contributed by atoms with van der Waals surface area (Å²) in [5, 5.41) is 0. The second-order valence-corrected chi connectivity index (χ2v) is 8.75. The number of hydrogen-bond donors (Lipinski definition) is 0. The maximum absolute atomic E-state index is 6.11. The molecule has 1 fully saturated rings. The van der Waals surface area contributed by atoms with E-state index in [4.69, 9.17) is 9.47 Å². The van der Waals surface area contributed by atoms with Crippen molar-refractivity contribution in [3.63, 3.8) is 0 Å². The van der Waals surface area contributed by atoms with Gasteiger partial charge in [-0.05, 0) is 68.1 Å². The minimum atomic E-state index is -0.171. The van der Waals surface area contributed by atoms with Gasteiger partial charge in [-0.25, -0.2) is 0 Å². The number of likely N-dealkylation sites (tertiary alicyclic amines) is 1. The Morgan fingerprint density at radius 3 is 1.93 bits per heavy atom. The van der Waals surface area contributed by atoms with Gasteiger partial charge in [0.05, 0.1) is 0 Å². The predicted octanol–water partition coefficient (Wildman–Crippen LogP) is 6.04. The van der Waals surface area contributed by atoms with E-state index in [9.17, 15) is 0 Å². The van der Waals surface area contributed by atoms with Crippen LogP contribution in [0, 0.1) is 0 Å². The van der Waals surface area contributed by atoms with Gasteiger partial charge >= 0.3 is 0 Å². The first-order chi connectivity index (χ1) is 14.0. The molecule has 2 aromatic carbocycles. The molecular formula is C26H33NO2. The Balaban J connectivity index is 1.44. The summed E-state index contributed by atoms with van der Waals surface area (Å²) in [5.74, 6) is 1.75. The van der Waals surface area contributed by atoms with Gasteiger partial charge in [0.1, 0.15) is 17.1 Å². The fourth-order valence-electron chi connectivity index (χ4n) is 4.98. The van der Waals surface area contributed by atoms with Crippen LogP contribution >= 0.6 is 0 Å². The van der Waals surface area contributed by atoms with Crippen LogP contribution in [0.5, 0.6) is 11.5 Å². The van der Waals surface area contributed by atoms with Crippen molar-refractivity contribution in [3.8, 4) is 11.5 Å². The van der Waals surface area contributed by atoms with Crippen molar-refractivity contribution in [3.05, 3.63) is 71.3 Å². The first-order valence-corrected chi connectivity index (χ1v) is 10.8. The van der Waals surface area contributed by atoms with E-state index in [0.29, 0.717) is 0 Å². The molecule has 4 rings (SSSR count). The molecule has 1 saturated heterocycles. The van der Waals surface area contributed by atoms with Gasteiger partial charge in [-0.2, -0.15) is 0 Å². The lowest BCUT2D eigenvalue weighted by molar-refractivity contribution is -0.121. The highest BCUT2D eigenvalue weighted by Gasteiger charge is 2.42. The number of methoxy groups -OCH3 is 1. The fraction of sp³-hybridized carbons (Fsp3) is 0.462. The van der Waals surface area contributed by atoms with Crippen LogP contribution in [-0.4, -0.2) is 32.1 Å². The summed E-state index contributed by atoms with van der Waals surface area (Å²) in [7, 11) is 3.91. The smallest absolute Gasteiger partial charge is 0.127 e. The Labute approximate surface area is 175 Å². The van der Waals surface area contributed by atoms with Gasteiger partial charge in [-0.1, -0.05) is 49.8 Å². The van der Waals surface area contributed by atoms with E-state index in [1.807, 2.05) is 12.1 Å². The summed E-state index contributed by atoms with van der Waals surface area (Å²) in [4.78, 5) is 2.27. The Kier molecular flexibility index (Phi) is 5.54. The lowest BCUT2D eigenvalue weighted by atomic mass is 9.75. The molecule has 3 nitrogen and oxygen atoms in total. The molecule has 1 atom stereocenters. The number of allylic oxidation sites excluding steroid dienone is 2. The first-order valence-electron chi connectivity index (χ1n) is 10.8. The van der Waals surface area contributed by atoms with Gasteiger partial charge in [-0.3, -0.25) is 4.90 Å².